The van der Waals surface area contributed by atoms with Crippen molar-refractivity contribution in [3.05, 3.63) is 59.7 Å². The topological polar surface area (TPSA) is 102 Å². The average molecular weight is 432 g/mol. The summed E-state index contributed by atoms with van der Waals surface area (Å²) in [6, 6.07) is 16.0. The Morgan fingerprint density at radius 2 is 1.57 bits per heavy atom. The van der Waals surface area contributed by atoms with Crippen LogP contribution in [0.4, 0.5) is 4.79 Å². The Hall–Kier alpha value is -2.91. The molecule has 0 aromatic heterocycles. The first-order chi connectivity index (χ1) is 14.3. The first-order valence-corrected chi connectivity index (χ1v) is 11.3. The van der Waals surface area contributed by atoms with Gasteiger partial charge in [-0.2, -0.15) is 4.31 Å². The lowest BCUT2D eigenvalue weighted by atomic mass is 9.98. The van der Waals surface area contributed by atoms with E-state index in [4.69, 9.17) is 9.47 Å². The van der Waals surface area contributed by atoms with E-state index < -0.39 is 28.8 Å². The van der Waals surface area contributed by atoms with Crippen molar-refractivity contribution >= 4 is 22.1 Å². The Morgan fingerprint density at radius 1 is 1.00 bits per heavy atom. The molecule has 1 aliphatic carbocycles. The van der Waals surface area contributed by atoms with Crippen molar-refractivity contribution < 1.29 is 27.5 Å². The minimum absolute atomic E-state index is 0.0189. The molecule has 2 aromatic carbocycles. The largest absolute Gasteiger partial charge is 0.449 e. The summed E-state index contributed by atoms with van der Waals surface area (Å²) in [7, 11) is -3.59. The molecule has 0 radical (unpaired) electrons. The van der Waals surface area contributed by atoms with Gasteiger partial charge in [0, 0.05) is 25.9 Å². The Kier molecular flexibility index (Phi) is 6.73. The number of hydrogen-bond donors (Lipinski definition) is 1. The van der Waals surface area contributed by atoms with E-state index in [2.05, 4.69) is 17.4 Å². The molecular weight excluding hydrogens is 408 g/mol. The van der Waals surface area contributed by atoms with Crippen LogP contribution in [0.25, 0.3) is 11.1 Å². The minimum Gasteiger partial charge on any atom is -0.449 e. The molecule has 1 N–H and O–H groups in total. The first-order valence-electron chi connectivity index (χ1n) is 9.44. The Bertz CT molecular complexity index is 992. The Morgan fingerprint density at radius 3 is 2.10 bits per heavy atom. The van der Waals surface area contributed by atoms with Crippen molar-refractivity contribution in [2.45, 2.75) is 12.8 Å². The molecule has 0 aliphatic heterocycles. The average Bonchev–Trinajstić information content (AvgIpc) is 3.01. The lowest BCUT2D eigenvalue weighted by molar-refractivity contribution is -0.143. The summed E-state index contributed by atoms with van der Waals surface area (Å²) in [6.07, 6.45) is 0.363. The van der Waals surface area contributed by atoms with Gasteiger partial charge in [0.1, 0.15) is 6.61 Å². The van der Waals surface area contributed by atoms with E-state index in [1.165, 1.54) is 6.92 Å². The SMILES string of the molecule is CC(=O)OCN(CCNC(=O)OCC1c2ccccc2-c2ccccc21)S(C)(=O)=O. The van der Waals surface area contributed by atoms with Crippen LogP contribution < -0.4 is 5.32 Å². The van der Waals surface area contributed by atoms with E-state index in [-0.39, 0.29) is 25.6 Å². The van der Waals surface area contributed by atoms with Crippen LogP contribution in [-0.2, 0) is 24.3 Å². The summed E-state index contributed by atoms with van der Waals surface area (Å²) in [5.74, 6) is -0.646. The number of sulfonamides is 1. The molecule has 0 saturated heterocycles. The summed E-state index contributed by atoms with van der Waals surface area (Å²) in [5, 5.41) is 2.54. The number of carbonyl (C=O) groups excluding carboxylic acids is 2. The van der Waals surface area contributed by atoms with E-state index in [0.717, 1.165) is 32.8 Å². The fraction of sp³-hybridized carbons (Fsp3) is 0.333. The summed E-state index contributed by atoms with van der Waals surface area (Å²) in [4.78, 5) is 23.0. The maximum Gasteiger partial charge on any atom is 0.407 e. The monoisotopic (exact) mass is 432 g/mol. The molecule has 3 rings (SSSR count). The highest BCUT2D eigenvalue weighted by Crippen LogP contribution is 2.44. The van der Waals surface area contributed by atoms with Crippen LogP contribution in [0.1, 0.15) is 24.0 Å². The van der Waals surface area contributed by atoms with Crippen LogP contribution in [0.15, 0.2) is 48.5 Å². The third kappa shape index (κ3) is 5.17. The molecule has 0 fully saturated rings. The number of amides is 1. The maximum atomic E-state index is 12.1. The Balaban J connectivity index is 1.54. The van der Waals surface area contributed by atoms with Crippen LogP contribution >= 0.6 is 0 Å². The van der Waals surface area contributed by atoms with E-state index in [9.17, 15) is 18.0 Å². The number of fused-ring (bicyclic) bond motifs is 3. The van der Waals surface area contributed by atoms with E-state index in [0.29, 0.717) is 0 Å². The normalized spacial score (nSPS) is 12.9. The Labute approximate surface area is 175 Å². The fourth-order valence-electron chi connectivity index (χ4n) is 3.42. The molecule has 0 bridgehead atoms. The van der Waals surface area contributed by atoms with Crippen molar-refractivity contribution in [2.24, 2.45) is 0 Å². The van der Waals surface area contributed by atoms with Crippen molar-refractivity contribution in [3.8, 4) is 11.1 Å². The number of benzene rings is 2. The number of rotatable bonds is 8. The van der Waals surface area contributed by atoms with Gasteiger partial charge in [-0.05, 0) is 22.3 Å². The number of nitrogens with zero attached hydrogens (tertiary/aromatic N) is 1. The van der Waals surface area contributed by atoms with Crippen LogP contribution in [-0.4, -0.2) is 57.5 Å². The van der Waals surface area contributed by atoms with Crippen molar-refractivity contribution in [3.63, 3.8) is 0 Å². The van der Waals surface area contributed by atoms with Crippen LogP contribution in [0.5, 0.6) is 0 Å². The lowest BCUT2D eigenvalue weighted by Gasteiger charge is -2.19. The zero-order valence-corrected chi connectivity index (χ0v) is 17.6. The van der Waals surface area contributed by atoms with Gasteiger partial charge in [0.05, 0.1) is 6.26 Å². The molecule has 1 aliphatic rings. The molecule has 1 amide bonds. The molecule has 160 valence electrons. The third-order valence-electron chi connectivity index (χ3n) is 4.86. The van der Waals surface area contributed by atoms with Gasteiger partial charge in [-0.1, -0.05) is 48.5 Å². The number of alkyl carbamates (subject to hydrolysis) is 1. The summed E-state index contributed by atoms with van der Waals surface area (Å²) < 4.78 is 34.6. The van der Waals surface area contributed by atoms with Gasteiger partial charge >= 0.3 is 12.1 Å². The zero-order valence-electron chi connectivity index (χ0n) is 16.8. The molecule has 8 nitrogen and oxygen atoms in total. The highest BCUT2D eigenvalue weighted by molar-refractivity contribution is 7.88. The number of esters is 1. The summed E-state index contributed by atoms with van der Waals surface area (Å²) in [6.45, 7) is 0.931. The molecule has 2 aromatic rings. The molecule has 0 unspecified atom stereocenters. The standard InChI is InChI=1S/C21H24N2O6S/c1-15(24)29-14-23(30(2,26)27)12-11-22-21(25)28-13-20-18-9-5-3-7-16(18)17-8-4-6-10-19(17)20/h3-10,20H,11-14H2,1-2H3,(H,22,25). The van der Waals surface area contributed by atoms with Gasteiger partial charge in [0.25, 0.3) is 0 Å². The number of nitrogens with one attached hydrogen (secondary N) is 1. The third-order valence-corrected chi connectivity index (χ3v) is 6.08. The predicted molar refractivity (Wildman–Crippen MR) is 111 cm³/mol. The number of ether oxygens (including phenoxy) is 2. The van der Waals surface area contributed by atoms with Gasteiger partial charge in [0.15, 0.2) is 6.73 Å². The summed E-state index contributed by atoms with van der Waals surface area (Å²) >= 11 is 0. The number of hydrogen-bond acceptors (Lipinski definition) is 6. The lowest BCUT2D eigenvalue weighted by Crippen LogP contribution is -2.40. The second kappa shape index (κ2) is 9.27. The molecule has 0 heterocycles. The van der Waals surface area contributed by atoms with E-state index in [1.54, 1.807) is 0 Å². The molecule has 0 spiro atoms. The molecule has 0 atom stereocenters. The predicted octanol–water partition coefficient (Wildman–Crippen LogP) is 2.31. The van der Waals surface area contributed by atoms with Gasteiger partial charge in [-0.25, -0.2) is 13.2 Å². The minimum atomic E-state index is -3.59. The van der Waals surface area contributed by atoms with Gasteiger partial charge < -0.3 is 14.8 Å². The molecule has 9 heteroatoms. The van der Waals surface area contributed by atoms with Crippen molar-refractivity contribution in [2.75, 3.05) is 32.7 Å². The highest BCUT2D eigenvalue weighted by Gasteiger charge is 2.29. The molecule has 0 saturated carbocycles. The second-order valence-corrected chi connectivity index (χ2v) is 8.94. The smallest absolute Gasteiger partial charge is 0.407 e. The number of carbonyl (C=O) groups is 2. The van der Waals surface area contributed by atoms with Crippen molar-refractivity contribution in [1.82, 2.24) is 9.62 Å². The van der Waals surface area contributed by atoms with Gasteiger partial charge in [-0.15, -0.1) is 0 Å². The second-order valence-electron chi connectivity index (χ2n) is 6.96. The first kappa shape index (κ1) is 21.8. The van der Waals surface area contributed by atoms with Crippen LogP contribution in [0, 0.1) is 0 Å². The van der Waals surface area contributed by atoms with Crippen LogP contribution in [0.2, 0.25) is 0 Å². The van der Waals surface area contributed by atoms with E-state index in [1.807, 2.05) is 36.4 Å². The maximum absolute atomic E-state index is 12.1. The fourth-order valence-corrected chi connectivity index (χ4v) is 4.09. The van der Waals surface area contributed by atoms with Gasteiger partial charge in [0.2, 0.25) is 10.0 Å². The van der Waals surface area contributed by atoms with E-state index >= 15 is 0 Å². The quantitative estimate of drug-likeness (QED) is 0.507. The van der Waals surface area contributed by atoms with Gasteiger partial charge in [-0.3, -0.25) is 4.79 Å². The van der Waals surface area contributed by atoms with Crippen LogP contribution in [0.3, 0.4) is 0 Å². The highest BCUT2D eigenvalue weighted by atomic mass is 32.2. The summed E-state index contributed by atoms with van der Waals surface area (Å²) in [5.41, 5.74) is 4.49. The van der Waals surface area contributed by atoms with Crippen molar-refractivity contribution in [1.29, 1.82) is 0 Å². The zero-order chi connectivity index (χ0) is 21.7. The molecular formula is C21H24N2O6S. The molecule has 30 heavy (non-hydrogen) atoms.